The van der Waals surface area contributed by atoms with Crippen LogP contribution < -0.4 is 5.32 Å². The quantitative estimate of drug-likeness (QED) is 0.560. The van der Waals surface area contributed by atoms with Gasteiger partial charge >= 0.3 is 11.9 Å². The molecule has 1 atom stereocenters. The van der Waals surface area contributed by atoms with Gasteiger partial charge in [-0.1, -0.05) is 48.5 Å². The number of methoxy groups -OCH3 is 1. The highest BCUT2D eigenvalue weighted by Gasteiger charge is 2.24. The third kappa shape index (κ3) is 5.78. The van der Waals surface area contributed by atoms with Crippen molar-refractivity contribution in [2.24, 2.45) is 0 Å². The lowest BCUT2D eigenvalue weighted by molar-refractivity contribution is -0.147. The van der Waals surface area contributed by atoms with E-state index in [1.54, 1.807) is 41.8 Å². The molecule has 0 bridgehead atoms. The van der Waals surface area contributed by atoms with Crippen LogP contribution in [0.2, 0.25) is 0 Å². The Morgan fingerprint density at radius 3 is 2.30 bits per heavy atom. The van der Waals surface area contributed by atoms with Gasteiger partial charge in [0.15, 0.2) is 0 Å². The van der Waals surface area contributed by atoms with E-state index in [2.05, 4.69) is 10.1 Å². The Labute approximate surface area is 178 Å². The van der Waals surface area contributed by atoms with E-state index < -0.39 is 18.0 Å². The van der Waals surface area contributed by atoms with Crippen LogP contribution >= 0.6 is 11.3 Å². The second-order valence-electron chi connectivity index (χ2n) is 6.49. The van der Waals surface area contributed by atoms with Gasteiger partial charge in [-0.25, -0.2) is 9.59 Å². The van der Waals surface area contributed by atoms with Crippen molar-refractivity contribution in [1.82, 2.24) is 5.32 Å². The van der Waals surface area contributed by atoms with Crippen LogP contribution in [0.5, 0.6) is 0 Å². The zero-order valence-corrected chi connectivity index (χ0v) is 17.2. The molecule has 1 unspecified atom stereocenters. The Hall–Kier alpha value is -3.45. The first kappa shape index (κ1) is 21.3. The van der Waals surface area contributed by atoms with Gasteiger partial charge in [0.1, 0.15) is 12.6 Å². The van der Waals surface area contributed by atoms with Crippen molar-refractivity contribution in [1.29, 1.82) is 0 Å². The summed E-state index contributed by atoms with van der Waals surface area (Å²) >= 11 is 1.30. The molecule has 0 aliphatic rings. The largest absolute Gasteiger partial charge is 0.465 e. The molecule has 3 rings (SSSR count). The third-order valence-electron chi connectivity index (χ3n) is 4.37. The molecular weight excluding hydrogens is 402 g/mol. The van der Waals surface area contributed by atoms with Gasteiger partial charge in [0.2, 0.25) is 0 Å². The lowest BCUT2D eigenvalue weighted by atomic mass is 10.1. The van der Waals surface area contributed by atoms with E-state index in [0.717, 1.165) is 11.1 Å². The van der Waals surface area contributed by atoms with Crippen molar-refractivity contribution in [2.75, 3.05) is 7.11 Å². The average molecular weight is 423 g/mol. The Bertz CT molecular complexity index is 984. The maximum Gasteiger partial charge on any atom is 0.337 e. The van der Waals surface area contributed by atoms with Crippen molar-refractivity contribution in [3.8, 4) is 0 Å². The molecule has 3 aromatic rings. The number of hydrogen-bond donors (Lipinski definition) is 1. The number of carbonyl (C=O) groups is 3. The molecule has 0 aliphatic carbocycles. The Morgan fingerprint density at radius 2 is 1.67 bits per heavy atom. The standard InChI is InChI=1S/C23H21NO5S/c1-28-22(26)18-11-9-17(10-12-18)15-29-23(27)19(14-16-6-3-2-4-7-16)24-21(25)20-8-5-13-30-20/h2-13,19H,14-15H2,1H3,(H,24,25). The SMILES string of the molecule is COC(=O)c1ccc(COC(=O)C(Cc2ccccc2)NC(=O)c2cccs2)cc1. The van der Waals surface area contributed by atoms with Crippen LogP contribution in [0.15, 0.2) is 72.1 Å². The fourth-order valence-corrected chi connectivity index (χ4v) is 3.42. The minimum absolute atomic E-state index is 0.0282. The minimum atomic E-state index is -0.823. The first-order chi connectivity index (χ1) is 14.6. The highest BCUT2D eigenvalue weighted by Crippen LogP contribution is 2.12. The number of ether oxygens (including phenoxy) is 2. The summed E-state index contributed by atoms with van der Waals surface area (Å²) in [7, 11) is 1.31. The topological polar surface area (TPSA) is 81.7 Å². The van der Waals surface area contributed by atoms with Crippen LogP contribution in [0.4, 0.5) is 0 Å². The lowest BCUT2D eigenvalue weighted by Gasteiger charge is -2.17. The molecule has 1 amide bonds. The molecule has 0 saturated heterocycles. The zero-order chi connectivity index (χ0) is 21.3. The molecule has 7 heteroatoms. The molecule has 1 aromatic heterocycles. The van der Waals surface area contributed by atoms with Crippen molar-refractivity contribution in [3.05, 3.63) is 93.7 Å². The summed E-state index contributed by atoms with van der Waals surface area (Å²) in [5.74, 6) is -1.27. The smallest absolute Gasteiger partial charge is 0.337 e. The molecule has 0 spiro atoms. The summed E-state index contributed by atoms with van der Waals surface area (Å²) in [4.78, 5) is 37.2. The number of rotatable bonds is 8. The van der Waals surface area contributed by atoms with E-state index in [-0.39, 0.29) is 12.5 Å². The fraction of sp³-hybridized carbons (Fsp3) is 0.174. The summed E-state index contributed by atoms with van der Waals surface area (Å²) in [5.41, 5.74) is 2.05. The number of nitrogens with one attached hydrogen (secondary N) is 1. The summed E-state index contributed by atoms with van der Waals surface area (Å²) in [5, 5.41) is 4.57. The predicted octanol–water partition coefficient (Wildman–Crippen LogP) is 3.62. The molecule has 0 saturated carbocycles. The van der Waals surface area contributed by atoms with Crippen LogP contribution in [0.1, 0.15) is 31.2 Å². The molecule has 0 radical (unpaired) electrons. The number of esters is 2. The van der Waals surface area contributed by atoms with Crippen molar-refractivity contribution < 1.29 is 23.9 Å². The van der Waals surface area contributed by atoms with E-state index in [0.29, 0.717) is 16.9 Å². The third-order valence-corrected chi connectivity index (χ3v) is 5.24. The number of carbonyl (C=O) groups excluding carboxylic acids is 3. The number of hydrogen-bond acceptors (Lipinski definition) is 6. The Kier molecular flexibility index (Phi) is 7.34. The predicted molar refractivity (Wildman–Crippen MR) is 113 cm³/mol. The number of benzene rings is 2. The van der Waals surface area contributed by atoms with Crippen LogP contribution in [-0.4, -0.2) is 31.0 Å². The van der Waals surface area contributed by atoms with Gasteiger partial charge in [0.25, 0.3) is 5.91 Å². The maximum absolute atomic E-state index is 12.7. The van der Waals surface area contributed by atoms with Crippen LogP contribution in [-0.2, 0) is 27.3 Å². The molecule has 1 heterocycles. The monoisotopic (exact) mass is 423 g/mol. The van der Waals surface area contributed by atoms with Gasteiger partial charge in [-0.2, -0.15) is 0 Å². The van der Waals surface area contributed by atoms with Gasteiger partial charge in [-0.05, 0) is 34.7 Å². The molecular formula is C23H21NO5S. The molecule has 154 valence electrons. The second kappa shape index (κ2) is 10.4. The second-order valence-corrected chi connectivity index (χ2v) is 7.44. The van der Waals surface area contributed by atoms with Gasteiger partial charge in [-0.15, -0.1) is 11.3 Å². The van der Waals surface area contributed by atoms with Crippen LogP contribution in [0, 0.1) is 0 Å². The van der Waals surface area contributed by atoms with Crippen molar-refractivity contribution >= 4 is 29.2 Å². The summed E-state index contributed by atoms with van der Waals surface area (Å²) in [6, 6.07) is 18.7. The van der Waals surface area contributed by atoms with Crippen molar-refractivity contribution in [2.45, 2.75) is 19.1 Å². The molecule has 2 aromatic carbocycles. The van der Waals surface area contributed by atoms with Crippen LogP contribution in [0.25, 0.3) is 0 Å². The highest BCUT2D eigenvalue weighted by atomic mass is 32.1. The van der Waals surface area contributed by atoms with Crippen molar-refractivity contribution in [3.63, 3.8) is 0 Å². The molecule has 6 nitrogen and oxygen atoms in total. The van der Waals surface area contributed by atoms with Gasteiger partial charge in [0.05, 0.1) is 17.6 Å². The van der Waals surface area contributed by atoms with E-state index in [1.165, 1.54) is 18.4 Å². The molecule has 0 aliphatic heterocycles. The zero-order valence-electron chi connectivity index (χ0n) is 16.4. The van der Waals surface area contributed by atoms with E-state index in [4.69, 9.17) is 4.74 Å². The average Bonchev–Trinajstić information content (AvgIpc) is 3.32. The normalized spacial score (nSPS) is 11.4. The fourth-order valence-electron chi connectivity index (χ4n) is 2.79. The Morgan fingerprint density at radius 1 is 0.933 bits per heavy atom. The summed E-state index contributed by atoms with van der Waals surface area (Å²) in [6.45, 7) is 0.0282. The molecule has 30 heavy (non-hydrogen) atoms. The van der Waals surface area contributed by atoms with E-state index in [9.17, 15) is 14.4 Å². The summed E-state index contributed by atoms with van der Waals surface area (Å²) in [6.07, 6.45) is 0.318. The summed E-state index contributed by atoms with van der Waals surface area (Å²) < 4.78 is 10.1. The first-order valence-corrected chi connectivity index (χ1v) is 10.2. The van der Waals surface area contributed by atoms with Gasteiger partial charge in [0, 0.05) is 6.42 Å². The molecule has 0 fully saturated rings. The number of thiophene rings is 1. The molecule has 1 N–H and O–H groups in total. The van der Waals surface area contributed by atoms with Gasteiger partial charge < -0.3 is 14.8 Å². The lowest BCUT2D eigenvalue weighted by Crippen LogP contribution is -2.43. The Balaban J connectivity index is 1.66. The highest BCUT2D eigenvalue weighted by molar-refractivity contribution is 7.12. The van der Waals surface area contributed by atoms with Crippen LogP contribution in [0.3, 0.4) is 0 Å². The maximum atomic E-state index is 12.7. The number of amides is 1. The van der Waals surface area contributed by atoms with Gasteiger partial charge in [-0.3, -0.25) is 4.79 Å². The first-order valence-electron chi connectivity index (χ1n) is 9.29. The minimum Gasteiger partial charge on any atom is -0.465 e. The van der Waals surface area contributed by atoms with E-state index >= 15 is 0 Å². The van der Waals surface area contributed by atoms with E-state index in [1.807, 2.05) is 30.3 Å².